The molecule has 1 amide bonds. The number of aromatic nitrogens is 1. The summed E-state index contributed by atoms with van der Waals surface area (Å²) >= 11 is 1.61. The lowest BCUT2D eigenvalue weighted by Gasteiger charge is -2.14. The van der Waals surface area contributed by atoms with Crippen LogP contribution in [0.1, 0.15) is 49.9 Å². The monoisotopic (exact) mass is 308 g/mol. The minimum Gasteiger partial charge on any atom is -0.393 e. The highest BCUT2D eigenvalue weighted by molar-refractivity contribution is 7.12. The van der Waals surface area contributed by atoms with Crippen molar-refractivity contribution in [1.29, 1.82) is 0 Å². The summed E-state index contributed by atoms with van der Waals surface area (Å²) in [6, 6.07) is 0. The molecule has 0 radical (unpaired) electrons. The Morgan fingerprint density at radius 2 is 2.29 bits per heavy atom. The number of nitrogens with one attached hydrogen (secondary N) is 1. The fourth-order valence-corrected chi connectivity index (χ4v) is 3.29. The minimum atomic E-state index is -0.259. The van der Waals surface area contributed by atoms with Crippen molar-refractivity contribution < 1.29 is 9.90 Å². The molecule has 0 bridgehead atoms. The van der Waals surface area contributed by atoms with Gasteiger partial charge in [-0.2, -0.15) is 0 Å². The highest BCUT2D eigenvalue weighted by Gasteiger charge is 2.25. The SMILES string of the molecule is CC(C)(C)c1ncc(C=CC(=O)NCC2CCCC2O)s1. The Balaban J connectivity index is 1.83. The van der Waals surface area contributed by atoms with Crippen molar-refractivity contribution in [2.24, 2.45) is 5.92 Å². The van der Waals surface area contributed by atoms with Gasteiger partial charge in [-0.3, -0.25) is 4.79 Å². The van der Waals surface area contributed by atoms with E-state index in [0.717, 1.165) is 29.1 Å². The molecule has 0 aliphatic heterocycles. The Bertz CT molecular complexity index is 517. The Morgan fingerprint density at radius 3 is 2.86 bits per heavy atom. The number of nitrogens with zero attached hydrogens (tertiary/aromatic N) is 1. The summed E-state index contributed by atoms with van der Waals surface area (Å²) in [5.41, 5.74) is 0.0393. The zero-order valence-electron chi connectivity index (χ0n) is 12.9. The first-order valence-electron chi connectivity index (χ1n) is 7.46. The molecule has 0 spiro atoms. The summed E-state index contributed by atoms with van der Waals surface area (Å²) in [6.07, 6.45) is 7.78. The molecule has 1 fully saturated rings. The van der Waals surface area contributed by atoms with Crippen LogP contribution in [0.3, 0.4) is 0 Å². The third-order valence-corrected chi connectivity index (χ3v) is 5.11. The molecule has 1 heterocycles. The maximum atomic E-state index is 11.8. The largest absolute Gasteiger partial charge is 0.393 e. The van der Waals surface area contributed by atoms with E-state index in [4.69, 9.17) is 0 Å². The third kappa shape index (κ3) is 4.64. The molecule has 0 saturated heterocycles. The number of hydrogen-bond donors (Lipinski definition) is 2. The molecule has 2 N–H and O–H groups in total. The van der Waals surface area contributed by atoms with Gasteiger partial charge in [-0.25, -0.2) is 4.98 Å². The van der Waals surface area contributed by atoms with Crippen molar-refractivity contribution in [3.63, 3.8) is 0 Å². The molecule has 1 saturated carbocycles. The van der Waals surface area contributed by atoms with Gasteiger partial charge in [0.05, 0.1) is 11.1 Å². The van der Waals surface area contributed by atoms with Crippen molar-refractivity contribution in [2.45, 2.75) is 51.6 Å². The average Bonchev–Trinajstić information content (AvgIpc) is 3.02. The van der Waals surface area contributed by atoms with Crippen molar-refractivity contribution in [1.82, 2.24) is 10.3 Å². The van der Waals surface area contributed by atoms with Gasteiger partial charge in [0.2, 0.25) is 5.91 Å². The first kappa shape index (κ1) is 16.2. The molecule has 116 valence electrons. The van der Waals surface area contributed by atoms with Crippen molar-refractivity contribution >= 4 is 23.3 Å². The van der Waals surface area contributed by atoms with Crippen LogP contribution in [-0.2, 0) is 10.2 Å². The standard InChI is InChI=1S/C16H24N2O2S/c1-16(2,3)15-18-10-12(21-15)7-8-14(20)17-9-11-5-4-6-13(11)19/h7-8,10-11,13,19H,4-6,9H2,1-3H3,(H,17,20). The van der Waals surface area contributed by atoms with Gasteiger partial charge in [0.15, 0.2) is 0 Å². The van der Waals surface area contributed by atoms with Gasteiger partial charge in [0.25, 0.3) is 0 Å². The van der Waals surface area contributed by atoms with E-state index in [2.05, 4.69) is 31.1 Å². The van der Waals surface area contributed by atoms with Crippen LogP contribution in [-0.4, -0.2) is 28.6 Å². The second-order valence-corrected chi connectivity index (χ2v) is 7.72. The van der Waals surface area contributed by atoms with Crippen LogP contribution in [0.5, 0.6) is 0 Å². The number of aliphatic hydroxyl groups excluding tert-OH is 1. The number of aliphatic hydroxyl groups is 1. The summed E-state index contributed by atoms with van der Waals surface area (Å²) < 4.78 is 0. The second-order valence-electron chi connectivity index (χ2n) is 6.65. The van der Waals surface area contributed by atoms with E-state index in [1.807, 2.05) is 0 Å². The molecule has 1 aliphatic carbocycles. The molecule has 1 aromatic rings. The number of rotatable bonds is 4. The zero-order valence-corrected chi connectivity index (χ0v) is 13.7. The van der Waals surface area contributed by atoms with E-state index < -0.39 is 0 Å². The van der Waals surface area contributed by atoms with E-state index in [0.29, 0.717) is 6.54 Å². The summed E-state index contributed by atoms with van der Waals surface area (Å²) in [4.78, 5) is 17.2. The molecular weight excluding hydrogens is 284 g/mol. The van der Waals surface area contributed by atoms with Gasteiger partial charge in [0, 0.05) is 35.0 Å². The molecule has 2 atom stereocenters. The van der Waals surface area contributed by atoms with Crippen LogP contribution in [0.2, 0.25) is 0 Å². The minimum absolute atomic E-state index is 0.0393. The number of carbonyl (C=O) groups excluding carboxylic acids is 1. The van der Waals surface area contributed by atoms with Crippen LogP contribution in [0.4, 0.5) is 0 Å². The van der Waals surface area contributed by atoms with Crippen LogP contribution in [0.25, 0.3) is 6.08 Å². The summed E-state index contributed by atoms with van der Waals surface area (Å²) in [7, 11) is 0. The van der Waals surface area contributed by atoms with Gasteiger partial charge >= 0.3 is 0 Å². The van der Waals surface area contributed by atoms with Crippen LogP contribution < -0.4 is 5.32 Å². The predicted molar refractivity (Wildman–Crippen MR) is 86.2 cm³/mol. The smallest absolute Gasteiger partial charge is 0.244 e. The normalized spacial score (nSPS) is 22.9. The molecule has 2 rings (SSSR count). The topological polar surface area (TPSA) is 62.2 Å². The molecule has 4 nitrogen and oxygen atoms in total. The lowest BCUT2D eigenvalue weighted by Crippen LogP contribution is -2.31. The van der Waals surface area contributed by atoms with Gasteiger partial charge in [-0.05, 0) is 18.9 Å². The number of carbonyl (C=O) groups is 1. The zero-order chi connectivity index (χ0) is 15.5. The first-order chi connectivity index (χ1) is 9.86. The molecule has 5 heteroatoms. The average molecular weight is 308 g/mol. The van der Waals surface area contributed by atoms with Crippen LogP contribution >= 0.6 is 11.3 Å². The molecule has 1 aliphatic rings. The van der Waals surface area contributed by atoms with Crippen molar-refractivity contribution in [3.8, 4) is 0 Å². The fraction of sp³-hybridized carbons (Fsp3) is 0.625. The molecule has 21 heavy (non-hydrogen) atoms. The van der Waals surface area contributed by atoms with Gasteiger partial charge < -0.3 is 10.4 Å². The Kier molecular flexibility index (Phi) is 5.17. The van der Waals surface area contributed by atoms with E-state index >= 15 is 0 Å². The summed E-state index contributed by atoms with van der Waals surface area (Å²) in [6.45, 7) is 6.93. The maximum absolute atomic E-state index is 11.8. The van der Waals surface area contributed by atoms with Crippen LogP contribution in [0, 0.1) is 5.92 Å². The van der Waals surface area contributed by atoms with E-state index in [1.165, 1.54) is 0 Å². The van der Waals surface area contributed by atoms with Gasteiger partial charge in [-0.1, -0.05) is 27.2 Å². The highest BCUT2D eigenvalue weighted by atomic mass is 32.1. The summed E-state index contributed by atoms with van der Waals surface area (Å²) in [5.74, 6) is 0.0954. The Labute approximate surface area is 130 Å². The van der Waals surface area contributed by atoms with E-state index in [-0.39, 0.29) is 23.3 Å². The fourth-order valence-electron chi connectivity index (χ4n) is 2.41. The lowest BCUT2D eigenvalue weighted by atomic mass is 9.98. The lowest BCUT2D eigenvalue weighted by molar-refractivity contribution is -0.116. The second kappa shape index (κ2) is 6.71. The number of thiazole rings is 1. The maximum Gasteiger partial charge on any atom is 0.244 e. The Hall–Kier alpha value is -1.20. The first-order valence-corrected chi connectivity index (χ1v) is 8.28. The molecule has 2 unspecified atom stereocenters. The van der Waals surface area contributed by atoms with E-state index in [1.54, 1.807) is 29.7 Å². The quantitative estimate of drug-likeness (QED) is 0.841. The highest BCUT2D eigenvalue weighted by Crippen LogP contribution is 2.27. The van der Waals surface area contributed by atoms with E-state index in [9.17, 15) is 9.90 Å². The predicted octanol–water partition coefficient (Wildman–Crippen LogP) is 2.73. The number of amides is 1. The Morgan fingerprint density at radius 1 is 1.52 bits per heavy atom. The summed E-state index contributed by atoms with van der Waals surface area (Å²) in [5, 5.41) is 13.6. The van der Waals surface area contributed by atoms with Gasteiger partial charge in [0.1, 0.15) is 0 Å². The molecule has 1 aromatic heterocycles. The van der Waals surface area contributed by atoms with Gasteiger partial charge in [-0.15, -0.1) is 11.3 Å². The molecule has 0 aromatic carbocycles. The van der Waals surface area contributed by atoms with Crippen LogP contribution in [0.15, 0.2) is 12.3 Å². The van der Waals surface area contributed by atoms with Crippen molar-refractivity contribution in [2.75, 3.05) is 6.54 Å². The number of hydrogen-bond acceptors (Lipinski definition) is 4. The molecular formula is C16H24N2O2S. The third-order valence-electron chi connectivity index (χ3n) is 3.72. The van der Waals surface area contributed by atoms with Crippen molar-refractivity contribution in [3.05, 3.63) is 22.2 Å².